The molecule has 1 unspecified atom stereocenters. The maximum Gasteiger partial charge on any atom is 0.148 e. The molecular weight excluding hydrogens is 200 g/mol. The molecule has 0 fully saturated rings. The fraction of sp³-hybridized carbons (Fsp3) is 0.667. The molecule has 0 amide bonds. The van der Waals surface area contributed by atoms with Gasteiger partial charge in [0.2, 0.25) is 0 Å². The number of hydrogen-bond donors (Lipinski definition) is 2. The van der Waals surface area contributed by atoms with E-state index in [9.17, 15) is 0 Å². The third kappa shape index (κ3) is 4.57. The first-order valence-electron chi connectivity index (χ1n) is 5.99. The quantitative estimate of drug-likeness (QED) is 0.740. The van der Waals surface area contributed by atoms with E-state index < -0.39 is 0 Å². The molecule has 0 aliphatic carbocycles. The van der Waals surface area contributed by atoms with Crippen LogP contribution in [0.1, 0.15) is 31.7 Å². The van der Waals surface area contributed by atoms with Gasteiger partial charge in [-0.1, -0.05) is 13.3 Å². The summed E-state index contributed by atoms with van der Waals surface area (Å²) in [6.07, 6.45) is 5.24. The molecule has 90 valence electrons. The lowest BCUT2D eigenvalue weighted by molar-refractivity contribution is 0.472. The molecule has 4 nitrogen and oxygen atoms in total. The molecule has 1 aromatic rings. The monoisotopic (exact) mass is 222 g/mol. The first-order valence-corrected chi connectivity index (χ1v) is 5.99. The summed E-state index contributed by atoms with van der Waals surface area (Å²) >= 11 is 0. The van der Waals surface area contributed by atoms with Gasteiger partial charge in [-0.2, -0.15) is 5.10 Å². The lowest BCUT2D eigenvalue weighted by atomic mass is 10.00. The molecule has 1 rings (SSSR count). The molecule has 3 N–H and O–H groups in total. The van der Waals surface area contributed by atoms with E-state index in [2.05, 4.69) is 22.4 Å². The zero-order chi connectivity index (χ0) is 11.8. The summed E-state index contributed by atoms with van der Waals surface area (Å²) in [6.45, 7) is 5.91. The Kier molecular flexibility index (Phi) is 5.78. The van der Waals surface area contributed by atoms with E-state index in [0.29, 0.717) is 5.92 Å². The van der Waals surface area contributed by atoms with Crippen LogP contribution < -0.4 is 11.1 Å². The van der Waals surface area contributed by atoms with Crippen molar-refractivity contribution in [3.05, 3.63) is 17.8 Å². The Morgan fingerprint density at radius 3 is 2.88 bits per heavy atom. The van der Waals surface area contributed by atoms with Gasteiger partial charge in [0.25, 0.3) is 0 Å². The SMILES string of the molecule is CCCC(CCN)CNc1cc(C)cnn1. The number of hydrogen-bond acceptors (Lipinski definition) is 4. The van der Waals surface area contributed by atoms with Gasteiger partial charge in [0, 0.05) is 6.54 Å². The zero-order valence-electron chi connectivity index (χ0n) is 10.2. The van der Waals surface area contributed by atoms with Crippen LogP contribution in [-0.4, -0.2) is 23.3 Å². The summed E-state index contributed by atoms with van der Waals surface area (Å²) in [6, 6.07) is 2.01. The van der Waals surface area contributed by atoms with E-state index in [-0.39, 0.29) is 0 Å². The van der Waals surface area contributed by atoms with Crippen molar-refractivity contribution < 1.29 is 0 Å². The molecular formula is C12H22N4. The topological polar surface area (TPSA) is 63.8 Å². The van der Waals surface area contributed by atoms with Crippen LogP contribution in [0.3, 0.4) is 0 Å². The molecule has 0 saturated carbocycles. The Labute approximate surface area is 97.6 Å². The Morgan fingerprint density at radius 1 is 1.44 bits per heavy atom. The summed E-state index contributed by atoms with van der Waals surface area (Å²) < 4.78 is 0. The molecule has 16 heavy (non-hydrogen) atoms. The van der Waals surface area contributed by atoms with Crippen molar-refractivity contribution in [2.45, 2.75) is 33.1 Å². The molecule has 0 aliphatic heterocycles. The lowest BCUT2D eigenvalue weighted by Gasteiger charge is -2.16. The highest BCUT2D eigenvalue weighted by Gasteiger charge is 2.06. The van der Waals surface area contributed by atoms with E-state index in [1.165, 1.54) is 12.8 Å². The number of aromatic nitrogens is 2. The van der Waals surface area contributed by atoms with E-state index in [1.54, 1.807) is 6.20 Å². The highest BCUT2D eigenvalue weighted by molar-refractivity contribution is 5.34. The normalized spacial score (nSPS) is 12.4. The number of nitrogens with one attached hydrogen (secondary N) is 1. The molecule has 0 radical (unpaired) electrons. The molecule has 0 aromatic carbocycles. The average Bonchev–Trinajstić information content (AvgIpc) is 2.27. The van der Waals surface area contributed by atoms with E-state index in [4.69, 9.17) is 5.73 Å². The summed E-state index contributed by atoms with van der Waals surface area (Å²) in [5.74, 6) is 1.50. The van der Waals surface area contributed by atoms with Crippen molar-refractivity contribution >= 4 is 5.82 Å². The second-order valence-electron chi connectivity index (χ2n) is 4.23. The second-order valence-corrected chi connectivity index (χ2v) is 4.23. The van der Waals surface area contributed by atoms with E-state index >= 15 is 0 Å². The van der Waals surface area contributed by atoms with Crippen molar-refractivity contribution in [2.24, 2.45) is 11.7 Å². The zero-order valence-corrected chi connectivity index (χ0v) is 10.2. The van der Waals surface area contributed by atoms with E-state index in [1.807, 2.05) is 13.0 Å². The minimum atomic E-state index is 0.636. The van der Waals surface area contributed by atoms with Gasteiger partial charge in [0.15, 0.2) is 0 Å². The minimum Gasteiger partial charge on any atom is -0.368 e. The number of nitrogens with zero attached hydrogens (tertiary/aromatic N) is 2. The predicted molar refractivity (Wildman–Crippen MR) is 67.3 cm³/mol. The number of anilines is 1. The second kappa shape index (κ2) is 7.17. The van der Waals surface area contributed by atoms with Crippen molar-refractivity contribution in [3.63, 3.8) is 0 Å². The summed E-state index contributed by atoms with van der Waals surface area (Å²) in [7, 11) is 0. The lowest BCUT2D eigenvalue weighted by Crippen LogP contribution is -2.18. The van der Waals surface area contributed by atoms with Gasteiger partial charge in [0.05, 0.1) is 6.20 Å². The molecule has 1 aromatic heterocycles. The minimum absolute atomic E-state index is 0.636. The van der Waals surface area contributed by atoms with Crippen LogP contribution in [-0.2, 0) is 0 Å². The highest BCUT2D eigenvalue weighted by atomic mass is 15.2. The van der Waals surface area contributed by atoms with Crippen LogP contribution in [0.2, 0.25) is 0 Å². The number of nitrogens with two attached hydrogens (primary N) is 1. The average molecular weight is 222 g/mol. The molecule has 0 aliphatic rings. The molecule has 4 heteroatoms. The van der Waals surface area contributed by atoms with Crippen molar-refractivity contribution in [2.75, 3.05) is 18.4 Å². The smallest absolute Gasteiger partial charge is 0.148 e. The van der Waals surface area contributed by atoms with Crippen LogP contribution in [0.5, 0.6) is 0 Å². The van der Waals surface area contributed by atoms with Gasteiger partial charge in [-0.25, -0.2) is 0 Å². The first-order chi connectivity index (χ1) is 7.76. The van der Waals surface area contributed by atoms with Gasteiger partial charge in [-0.15, -0.1) is 5.10 Å². The standard InChI is InChI=1S/C12H22N4/c1-3-4-11(5-6-13)9-14-12-7-10(2)8-15-16-12/h7-8,11H,3-6,9,13H2,1-2H3,(H,14,16). The van der Waals surface area contributed by atoms with Crippen LogP contribution >= 0.6 is 0 Å². The van der Waals surface area contributed by atoms with Gasteiger partial charge in [-0.3, -0.25) is 0 Å². The fourth-order valence-corrected chi connectivity index (χ4v) is 1.79. The molecule has 0 bridgehead atoms. The Hall–Kier alpha value is -1.16. The Morgan fingerprint density at radius 2 is 2.25 bits per heavy atom. The number of rotatable bonds is 7. The largest absolute Gasteiger partial charge is 0.368 e. The third-order valence-electron chi connectivity index (χ3n) is 2.63. The maximum atomic E-state index is 5.60. The number of aryl methyl sites for hydroxylation is 1. The summed E-state index contributed by atoms with van der Waals surface area (Å²) in [5.41, 5.74) is 6.73. The van der Waals surface area contributed by atoms with Crippen LogP contribution in [0.15, 0.2) is 12.3 Å². The molecule has 0 saturated heterocycles. The van der Waals surface area contributed by atoms with Crippen molar-refractivity contribution in [1.82, 2.24) is 10.2 Å². The Bertz CT molecular complexity index is 295. The fourth-order valence-electron chi connectivity index (χ4n) is 1.79. The maximum absolute atomic E-state index is 5.60. The van der Waals surface area contributed by atoms with Crippen molar-refractivity contribution in [1.29, 1.82) is 0 Å². The summed E-state index contributed by atoms with van der Waals surface area (Å²) in [4.78, 5) is 0. The van der Waals surface area contributed by atoms with Gasteiger partial charge < -0.3 is 11.1 Å². The molecule has 0 spiro atoms. The predicted octanol–water partition coefficient (Wildman–Crippen LogP) is 1.96. The van der Waals surface area contributed by atoms with Gasteiger partial charge in [-0.05, 0) is 43.9 Å². The van der Waals surface area contributed by atoms with Crippen molar-refractivity contribution in [3.8, 4) is 0 Å². The van der Waals surface area contributed by atoms with Gasteiger partial charge in [0.1, 0.15) is 5.82 Å². The van der Waals surface area contributed by atoms with Crippen LogP contribution in [0, 0.1) is 12.8 Å². The van der Waals surface area contributed by atoms with Crippen LogP contribution in [0.25, 0.3) is 0 Å². The first kappa shape index (κ1) is 12.9. The van der Waals surface area contributed by atoms with E-state index in [0.717, 1.165) is 30.9 Å². The molecule has 1 atom stereocenters. The van der Waals surface area contributed by atoms with Crippen LogP contribution in [0.4, 0.5) is 5.82 Å². The third-order valence-corrected chi connectivity index (χ3v) is 2.63. The Balaban J connectivity index is 2.41. The highest BCUT2D eigenvalue weighted by Crippen LogP contribution is 2.12. The molecule has 1 heterocycles. The summed E-state index contributed by atoms with van der Waals surface area (Å²) in [5, 5.41) is 11.3. The van der Waals surface area contributed by atoms with Gasteiger partial charge >= 0.3 is 0 Å².